The van der Waals surface area contributed by atoms with E-state index < -0.39 is 55.5 Å². The van der Waals surface area contributed by atoms with Gasteiger partial charge in [-0.2, -0.15) is 0 Å². The first kappa shape index (κ1) is 34.3. The minimum Gasteiger partial charge on any atom is -0.495 e. The van der Waals surface area contributed by atoms with Gasteiger partial charge in [-0.3, -0.25) is 24.0 Å². The lowest BCUT2D eigenvalue weighted by atomic mass is 10.1. The fourth-order valence-electron chi connectivity index (χ4n) is 4.49. The summed E-state index contributed by atoms with van der Waals surface area (Å²) < 4.78 is 34.6. The van der Waals surface area contributed by atoms with E-state index in [1.54, 1.807) is 6.92 Å². The second kappa shape index (κ2) is 14.1. The zero-order valence-electron chi connectivity index (χ0n) is 25.5. The number of hydrogen-bond acceptors (Lipinski definition) is 7. The van der Waals surface area contributed by atoms with E-state index in [0.717, 1.165) is 15.9 Å². The van der Waals surface area contributed by atoms with Gasteiger partial charge in [-0.05, 0) is 70.9 Å². The van der Waals surface area contributed by atoms with Crippen LogP contribution in [-0.2, 0) is 26.0 Å². The molecule has 0 saturated heterocycles. The van der Waals surface area contributed by atoms with Gasteiger partial charge in [-0.25, -0.2) is 8.42 Å². The molecule has 13 heteroatoms. The Morgan fingerprint density at radius 1 is 1.07 bits per heavy atom. The molecule has 0 heterocycles. The van der Waals surface area contributed by atoms with Gasteiger partial charge in [0.2, 0.25) is 11.8 Å². The van der Waals surface area contributed by atoms with E-state index in [0.29, 0.717) is 6.42 Å². The van der Waals surface area contributed by atoms with Gasteiger partial charge >= 0.3 is 0 Å². The molecule has 1 atom stereocenters. The van der Waals surface area contributed by atoms with E-state index in [1.165, 1.54) is 49.3 Å². The summed E-state index contributed by atoms with van der Waals surface area (Å²) in [5.74, 6) is -0.991. The summed E-state index contributed by atoms with van der Waals surface area (Å²) in [4.78, 5) is 39.2. The molecule has 0 radical (unpaired) electrons. The highest BCUT2D eigenvalue weighted by Gasteiger charge is 2.35. The highest BCUT2D eigenvalue weighted by atomic mass is 35.5. The first-order valence-electron chi connectivity index (χ1n) is 13.8. The first-order chi connectivity index (χ1) is 20.5. The molecule has 44 heavy (non-hydrogen) atoms. The number of nitro groups is 1. The summed E-state index contributed by atoms with van der Waals surface area (Å²) >= 11 is 6.26. The van der Waals surface area contributed by atoms with E-state index in [2.05, 4.69) is 5.32 Å². The number of carbonyl (C=O) groups excluding carboxylic acids is 2. The van der Waals surface area contributed by atoms with Crippen molar-refractivity contribution in [2.45, 2.75) is 57.5 Å². The van der Waals surface area contributed by atoms with E-state index >= 15 is 0 Å². The van der Waals surface area contributed by atoms with Crippen LogP contribution >= 0.6 is 11.6 Å². The molecule has 0 unspecified atom stereocenters. The van der Waals surface area contributed by atoms with E-state index in [9.17, 15) is 28.1 Å². The number of halogens is 1. The Balaban J connectivity index is 2.12. The number of amides is 2. The second-order valence-electron chi connectivity index (χ2n) is 11.3. The molecule has 1 N–H and O–H groups in total. The Labute approximate surface area is 263 Å². The summed E-state index contributed by atoms with van der Waals surface area (Å²) in [5.41, 5.74) is 0.159. The highest BCUT2D eigenvalue weighted by Crippen LogP contribution is 2.36. The van der Waals surface area contributed by atoms with Crippen molar-refractivity contribution >= 4 is 44.8 Å². The van der Waals surface area contributed by atoms with Crippen molar-refractivity contribution < 1.29 is 27.7 Å². The lowest BCUT2D eigenvalue weighted by molar-refractivity contribution is -0.385. The van der Waals surface area contributed by atoms with E-state index in [4.69, 9.17) is 16.3 Å². The predicted octanol–water partition coefficient (Wildman–Crippen LogP) is 5.14. The van der Waals surface area contributed by atoms with Gasteiger partial charge in [0, 0.05) is 28.7 Å². The summed E-state index contributed by atoms with van der Waals surface area (Å²) in [6, 6.07) is 16.2. The summed E-state index contributed by atoms with van der Waals surface area (Å²) in [7, 11) is -3.27. The molecule has 0 aromatic heterocycles. The number of nitro benzene ring substituents is 1. The van der Waals surface area contributed by atoms with Crippen LogP contribution in [0.4, 0.5) is 11.4 Å². The largest absolute Gasteiger partial charge is 0.495 e. The maximum Gasteiger partial charge on any atom is 0.273 e. The van der Waals surface area contributed by atoms with Crippen molar-refractivity contribution in [3.63, 3.8) is 0 Å². The number of aryl methyl sites for hydroxylation is 1. The molecule has 0 aliphatic rings. The van der Waals surface area contributed by atoms with Crippen LogP contribution in [0.5, 0.6) is 5.75 Å². The van der Waals surface area contributed by atoms with E-state index in [-0.39, 0.29) is 28.6 Å². The number of benzene rings is 3. The molecule has 3 rings (SSSR count). The van der Waals surface area contributed by atoms with Crippen molar-refractivity contribution in [1.29, 1.82) is 0 Å². The van der Waals surface area contributed by atoms with E-state index in [1.807, 2.05) is 51.1 Å². The fourth-order valence-corrected chi connectivity index (χ4v) is 6.09. The molecular formula is C31H37ClN4O7S. The SMILES string of the molecule is COc1ccc(Cl)cc1N(CC(=O)N(CCc1ccccc1)[C@@H](C)C(=O)NC(C)(C)C)S(=O)(=O)c1ccc(C)c([N+](=O)[O-])c1. The van der Waals surface area contributed by atoms with Gasteiger partial charge in [0.05, 0.1) is 22.6 Å². The van der Waals surface area contributed by atoms with Crippen LogP contribution in [0, 0.1) is 17.0 Å². The molecule has 0 saturated carbocycles. The molecule has 3 aromatic carbocycles. The Kier molecular flexibility index (Phi) is 11.0. The number of rotatable bonds is 12. The minimum absolute atomic E-state index is 0.0496. The second-order valence-corrected chi connectivity index (χ2v) is 13.6. The highest BCUT2D eigenvalue weighted by molar-refractivity contribution is 7.92. The van der Waals surface area contributed by atoms with Gasteiger partial charge in [0.25, 0.3) is 15.7 Å². The standard InChI is InChI=1S/C31H37ClN4O7S/c1-21-12-14-25(19-26(21)36(39)40)44(41,42)35(27-18-24(32)13-15-28(27)43-6)20-29(37)34(17-16-23-10-8-7-9-11-23)22(2)30(38)33-31(3,4)5/h7-15,18-19,22H,16-17,20H2,1-6H3,(H,33,38)/t22-/m0/s1. The molecule has 236 valence electrons. The third-order valence-electron chi connectivity index (χ3n) is 6.80. The number of anilines is 1. The lowest BCUT2D eigenvalue weighted by Crippen LogP contribution is -2.55. The maximum absolute atomic E-state index is 14.2. The third kappa shape index (κ3) is 8.48. The lowest BCUT2D eigenvalue weighted by Gasteiger charge is -2.33. The maximum atomic E-state index is 14.2. The normalized spacial score (nSPS) is 12.2. The van der Waals surface area contributed by atoms with Crippen LogP contribution in [0.15, 0.2) is 71.6 Å². The van der Waals surface area contributed by atoms with Crippen LogP contribution in [0.3, 0.4) is 0 Å². The smallest absolute Gasteiger partial charge is 0.273 e. The number of hydrogen-bond donors (Lipinski definition) is 1. The third-order valence-corrected chi connectivity index (χ3v) is 8.79. The minimum atomic E-state index is -4.60. The number of methoxy groups -OCH3 is 1. The number of nitrogens with one attached hydrogen (secondary N) is 1. The number of nitrogens with zero attached hydrogens (tertiary/aromatic N) is 3. The molecule has 0 aliphatic heterocycles. The summed E-state index contributed by atoms with van der Waals surface area (Å²) in [6.07, 6.45) is 0.400. The topological polar surface area (TPSA) is 139 Å². The Bertz CT molecular complexity index is 1630. The molecule has 0 bridgehead atoms. The molecule has 11 nitrogen and oxygen atoms in total. The van der Waals surface area contributed by atoms with Crippen LogP contribution in [0.25, 0.3) is 0 Å². The molecule has 0 fully saturated rings. The average molecular weight is 645 g/mol. The monoisotopic (exact) mass is 644 g/mol. The van der Waals surface area contributed by atoms with Crippen molar-refractivity contribution in [2.24, 2.45) is 0 Å². The molecule has 0 spiro atoms. The van der Waals surface area contributed by atoms with Crippen LogP contribution in [0.2, 0.25) is 5.02 Å². The summed E-state index contributed by atoms with van der Waals surface area (Å²) in [6.45, 7) is 7.87. The molecule has 3 aromatic rings. The zero-order valence-corrected chi connectivity index (χ0v) is 27.1. The first-order valence-corrected chi connectivity index (χ1v) is 15.6. The Hall–Kier alpha value is -4.16. The average Bonchev–Trinajstić information content (AvgIpc) is 2.95. The van der Waals surface area contributed by atoms with Gasteiger partial charge in [0.1, 0.15) is 18.3 Å². The number of ether oxygens (including phenoxy) is 1. The van der Waals surface area contributed by atoms with Crippen molar-refractivity contribution in [3.05, 3.63) is 93.0 Å². The van der Waals surface area contributed by atoms with Crippen molar-refractivity contribution in [3.8, 4) is 5.75 Å². The number of carbonyl (C=O) groups is 2. The zero-order chi connectivity index (χ0) is 32.8. The van der Waals surface area contributed by atoms with Crippen LogP contribution in [0.1, 0.15) is 38.8 Å². The van der Waals surface area contributed by atoms with Crippen molar-refractivity contribution in [1.82, 2.24) is 10.2 Å². The van der Waals surface area contributed by atoms with Gasteiger partial charge in [0.15, 0.2) is 0 Å². The molecule has 2 amide bonds. The summed E-state index contributed by atoms with van der Waals surface area (Å²) in [5, 5.41) is 14.7. The Morgan fingerprint density at radius 2 is 1.73 bits per heavy atom. The Morgan fingerprint density at radius 3 is 2.32 bits per heavy atom. The number of sulfonamides is 1. The van der Waals surface area contributed by atoms with Crippen molar-refractivity contribution in [2.75, 3.05) is 24.5 Å². The molecular weight excluding hydrogens is 608 g/mol. The van der Waals surface area contributed by atoms with Gasteiger partial charge < -0.3 is 15.0 Å². The van der Waals surface area contributed by atoms with Gasteiger partial charge in [-0.15, -0.1) is 0 Å². The predicted molar refractivity (Wildman–Crippen MR) is 170 cm³/mol. The van der Waals surface area contributed by atoms with Gasteiger partial charge in [-0.1, -0.05) is 48.0 Å². The van der Waals surface area contributed by atoms with Crippen LogP contribution < -0.4 is 14.4 Å². The molecule has 0 aliphatic carbocycles. The fraction of sp³-hybridized carbons (Fsp3) is 0.355. The van der Waals surface area contributed by atoms with Crippen LogP contribution in [-0.4, -0.2) is 61.8 Å². The quantitative estimate of drug-likeness (QED) is 0.213.